The van der Waals surface area contributed by atoms with Crippen molar-refractivity contribution in [2.24, 2.45) is 0 Å². The van der Waals surface area contributed by atoms with E-state index < -0.39 is 24.7 Å². The molecule has 0 spiro atoms. The van der Waals surface area contributed by atoms with Crippen molar-refractivity contribution in [1.82, 2.24) is 0 Å². The molecule has 0 N–H and O–H groups in total. The van der Waals surface area contributed by atoms with Crippen LogP contribution in [0.2, 0.25) is 5.02 Å². The summed E-state index contributed by atoms with van der Waals surface area (Å²) in [4.78, 5) is 4.49. The highest BCUT2D eigenvalue weighted by molar-refractivity contribution is 6.50. The standard InChI is InChI=1S/C14H16ClF3N3.BF4/c1-21(9-5-3-2-4-6-9)13-7-10(14(16,17)18)12(20-19)8-11(13)15;2-1(3,4)5/h7-9H,2-6H2,1H3;/q+1;-1. The fourth-order valence-corrected chi connectivity index (χ4v) is 3.09. The first-order chi connectivity index (χ1) is 11.8. The van der Waals surface area contributed by atoms with E-state index in [0.29, 0.717) is 5.69 Å². The number of nitrogens with zero attached hydrogens (tertiary/aromatic N) is 3. The number of hydrogen-bond donors (Lipinski definition) is 0. The van der Waals surface area contributed by atoms with Crippen LogP contribution in [0.3, 0.4) is 0 Å². The van der Waals surface area contributed by atoms with Crippen LogP contribution in [0.5, 0.6) is 0 Å². The molecular formula is C14H16BClF7N3. The van der Waals surface area contributed by atoms with Crippen molar-refractivity contribution in [2.75, 3.05) is 11.9 Å². The van der Waals surface area contributed by atoms with Crippen LogP contribution in [0.25, 0.3) is 4.98 Å². The number of benzene rings is 1. The average molecular weight is 406 g/mol. The summed E-state index contributed by atoms with van der Waals surface area (Å²) < 4.78 is 78.1. The van der Waals surface area contributed by atoms with Crippen LogP contribution in [0.4, 0.5) is 41.8 Å². The Morgan fingerprint density at radius 3 is 2.04 bits per heavy atom. The minimum atomic E-state index is -6.00. The molecule has 1 aromatic carbocycles. The Morgan fingerprint density at radius 2 is 1.62 bits per heavy atom. The van der Waals surface area contributed by atoms with Crippen LogP contribution in [-0.2, 0) is 6.18 Å². The van der Waals surface area contributed by atoms with Crippen LogP contribution in [-0.4, -0.2) is 20.3 Å². The van der Waals surface area contributed by atoms with Gasteiger partial charge in [0.15, 0.2) is 10.5 Å². The third kappa shape index (κ3) is 6.90. The molecular weight excluding hydrogens is 389 g/mol. The molecule has 3 nitrogen and oxygen atoms in total. The Balaban J connectivity index is 0.000000597. The van der Waals surface area contributed by atoms with Gasteiger partial charge in [0.2, 0.25) is 5.39 Å². The predicted octanol–water partition coefficient (Wildman–Crippen LogP) is 6.91. The third-order valence-electron chi connectivity index (χ3n) is 3.98. The van der Waals surface area contributed by atoms with Crippen molar-refractivity contribution < 1.29 is 30.4 Å². The lowest BCUT2D eigenvalue weighted by molar-refractivity contribution is -0.136. The van der Waals surface area contributed by atoms with Gasteiger partial charge in [-0.25, -0.2) is 0 Å². The second kappa shape index (κ2) is 8.80. The molecule has 1 fully saturated rings. The van der Waals surface area contributed by atoms with Gasteiger partial charge in [-0.15, -0.1) is 0 Å². The summed E-state index contributed by atoms with van der Waals surface area (Å²) in [5, 5.41) is 8.89. The molecule has 1 aliphatic carbocycles. The van der Waals surface area contributed by atoms with Crippen LogP contribution in [0, 0.1) is 5.39 Å². The van der Waals surface area contributed by atoms with Gasteiger partial charge in [-0.3, -0.25) is 0 Å². The largest absolute Gasteiger partial charge is 0.673 e. The Hall–Kier alpha value is -1.70. The Morgan fingerprint density at radius 1 is 1.12 bits per heavy atom. The number of hydrogen-bond acceptors (Lipinski definition) is 2. The normalized spacial score (nSPS) is 15.7. The molecule has 0 heterocycles. The maximum Gasteiger partial charge on any atom is 0.673 e. The van der Waals surface area contributed by atoms with E-state index in [1.54, 1.807) is 11.9 Å². The second-order valence-corrected chi connectivity index (χ2v) is 6.22. The molecule has 0 bridgehead atoms. The average Bonchev–Trinajstić information content (AvgIpc) is 2.52. The molecule has 26 heavy (non-hydrogen) atoms. The quantitative estimate of drug-likeness (QED) is 0.304. The fraction of sp³-hybridized carbons (Fsp3) is 0.571. The monoisotopic (exact) mass is 405 g/mol. The Kier molecular flexibility index (Phi) is 7.56. The molecule has 0 atom stereocenters. The summed E-state index contributed by atoms with van der Waals surface area (Å²) in [6, 6.07) is 2.21. The van der Waals surface area contributed by atoms with Gasteiger partial charge in [0.25, 0.3) is 0 Å². The lowest BCUT2D eigenvalue weighted by atomic mass is 9.94. The van der Waals surface area contributed by atoms with Gasteiger partial charge in [-0.05, 0) is 18.9 Å². The summed E-state index contributed by atoms with van der Waals surface area (Å²) in [6.07, 6.45) is 0.606. The van der Waals surface area contributed by atoms with Crippen molar-refractivity contribution in [3.05, 3.63) is 27.7 Å². The highest BCUT2D eigenvalue weighted by atomic mass is 35.5. The topological polar surface area (TPSA) is 31.4 Å². The van der Waals surface area contributed by atoms with Crippen molar-refractivity contribution in [3.8, 4) is 0 Å². The molecule has 146 valence electrons. The number of anilines is 1. The summed E-state index contributed by atoms with van der Waals surface area (Å²) in [7, 11) is -4.24. The van der Waals surface area contributed by atoms with Gasteiger partial charge in [0.1, 0.15) is 0 Å². The molecule has 0 saturated heterocycles. The summed E-state index contributed by atoms with van der Waals surface area (Å²) in [5.74, 6) is 0. The van der Waals surface area contributed by atoms with E-state index in [0.717, 1.165) is 44.2 Å². The highest BCUT2D eigenvalue weighted by Gasteiger charge is 2.40. The van der Waals surface area contributed by atoms with Crippen LogP contribution < -0.4 is 4.90 Å². The fourth-order valence-electron chi connectivity index (χ4n) is 2.80. The third-order valence-corrected chi connectivity index (χ3v) is 4.28. The maximum absolute atomic E-state index is 13.0. The van der Waals surface area contributed by atoms with Crippen molar-refractivity contribution in [1.29, 1.82) is 5.39 Å². The molecule has 1 saturated carbocycles. The first-order valence-electron chi connectivity index (χ1n) is 7.70. The summed E-state index contributed by atoms with van der Waals surface area (Å²) in [6.45, 7) is 0. The maximum atomic E-state index is 13.0. The Labute approximate surface area is 150 Å². The molecule has 1 aliphatic rings. The number of halogens is 8. The van der Waals surface area contributed by atoms with Gasteiger partial charge < -0.3 is 22.2 Å². The van der Waals surface area contributed by atoms with E-state index >= 15 is 0 Å². The number of diazo groups is 1. The molecule has 0 aliphatic heterocycles. The van der Waals surface area contributed by atoms with Crippen LogP contribution in [0.15, 0.2) is 12.1 Å². The minimum Gasteiger partial charge on any atom is -0.418 e. The van der Waals surface area contributed by atoms with E-state index in [2.05, 4.69) is 4.98 Å². The molecule has 0 radical (unpaired) electrons. The highest BCUT2D eigenvalue weighted by Crippen LogP contribution is 2.42. The summed E-state index contributed by atoms with van der Waals surface area (Å²) in [5.41, 5.74) is -1.22. The van der Waals surface area contributed by atoms with E-state index in [1.165, 1.54) is 0 Å². The van der Waals surface area contributed by atoms with Crippen molar-refractivity contribution in [3.63, 3.8) is 0 Å². The predicted molar refractivity (Wildman–Crippen MR) is 86.7 cm³/mol. The van der Waals surface area contributed by atoms with E-state index in [4.69, 9.17) is 17.0 Å². The van der Waals surface area contributed by atoms with E-state index in [9.17, 15) is 30.4 Å². The van der Waals surface area contributed by atoms with Crippen molar-refractivity contribution in [2.45, 2.75) is 44.3 Å². The van der Waals surface area contributed by atoms with Gasteiger partial charge >= 0.3 is 19.1 Å². The number of alkyl halides is 3. The van der Waals surface area contributed by atoms with Gasteiger partial charge in [-0.2, -0.15) is 13.2 Å². The zero-order valence-electron chi connectivity index (χ0n) is 13.7. The smallest absolute Gasteiger partial charge is 0.418 e. The zero-order valence-corrected chi connectivity index (χ0v) is 14.5. The zero-order chi connectivity index (χ0) is 20.1. The minimum absolute atomic E-state index is 0.156. The molecule has 0 amide bonds. The van der Waals surface area contributed by atoms with Crippen LogP contribution >= 0.6 is 11.6 Å². The lowest BCUT2D eigenvalue weighted by Gasteiger charge is -2.33. The number of rotatable bonds is 2. The lowest BCUT2D eigenvalue weighted by Crippen LogP contribution is -2.33. The molecule has 1 aromatic rings. The van der Waals surface area contributed by atoms with Crippen molar-refractivity contribution >= 4 is 30.2 Å². The molecule has 12 heteroatoms. The first-order valence-corrected chi connectivity index (χ1v) is 8.08. The van der Waals surface area contributed by atoms with E-state index in [1.807, 2.05) is 0 Å². The molecule has 2 rings (SSSR count). The molecule has 0 aromatic heterocycles. The Bertz CT molecular complexity index is 646. The summed E-state index contributed by atoms with van der Waals surface area (Å²) >= 11 is 6.06. The molecule has 0 unspecified atom stereocenters. The first kappa shape index (κ1) is 22.3. The SMILES string of the molecule is CN(c1cc(C(F)(F)F)c([N+]#N)cc1Cl)C1CCCCC1.F[B-](F)(F)F. The van der Waals surface area contributed by atoms with Crippen LogP contribution in [0.1, 0.15) is 37.7 Å². The van der Waals surface area contributed by atoms with Gasteiger partial charge in [-0.1, -0.05) is 30.9 Å². The van der Waals surface area contributed by atoms with Gasteiger partial charge in [0.05, 0.1) is 16.8 Å². The van der Waals surface area contributed by atoms with Gasteiger partial charge in [0, 0.05) is 13.1 Å². The second-order valence-electron chi connectivity index (χ2n) is 5.82. The van der Waals surface area contributed by atoms with E-state index in [-0.39, 0.29) is 11.1 Å².